The lowest BCUT2D eigenvalue weighted by atomic mass is 10.1. The van der Waals surface area contributed by atoms with E-state index in [1.165, 1.54) is 6.07 Å². The molecule has 0 spiro atoms. The molecule has 3 aromatic rings. The zero-order chi connectivity index (χ0) is 20.8. The second-order valence-electron chi connectivity index (χ2n) is 6.55. The first-order valence-corrected chi connectivity index (χ1v) is 9.01. The van der Waals surface area contributed by atoms with E-state index in [1.54, 1.807) is 56.3 Å². The van der Waals surface area contributed by atoms with E-state index in [-0.39, 0.29) is 36.7 Å². The van der Waals surface area contributed by atoms with Crippen LogP contribution in [-0.2, 0) is 22.6 Å². The molecule has 0 atom stereocenters. The van der Waals surface area contributed by atoms with Crippen LogP contribution < -0.4 is 5.32 Å². The Morgan fingerprint density at radius 1 is 1.17 bits per heavy atom. The molecule has 1 amide bonds. The van der Waals surface area contributed by atoms with Crippen LogP contribution in [0, 0.1) is 5.82 Å². The minimum absolute atomic E-state index is 0.0626. The zero-order valence-electron chi connectivity index (χ0n) is 16.0. The number of nitrogens with zero attached hydrogens (tertiary/aromatic N) is 4. The quantitative estimate of drug-likeness (QED) is 0.615. The Balaban J connectivity index is 1.62. The van der Waals surface area contributed by atoms with Crippen LogP contribution in [0.4, 0.5) is 4.39 Å². The molecule has 0 unspecified atom stereocenters. The van der Waals surface area contributed by atoms with Crippen molar-refractivity contribution in [1.29, 1.82) is 0 Å². The molecule has 0 saturated carbocycles. The number of halogens is 1. The van der Waals surface area contributed by atoms with Crippen molar-refractivity contribution in [1.82, 2.24) is 25.5 Å². The van der Waals surface area contributed by atoms with Crippen LogP contribution in [0.3, 0.4) is 0 Å². The van der Waals surface area contributed by atoms with Gasteiger partial charge < -0.3 is 10.1 Å². The van der Waals surface area contributed by atoms with Crippen molar-refractivity contribution in [3.63, 3.8) is 0 Å². The average Bonchev–Trinajstić information content (AvgIpc) is 3.15. The number of rotatable bonds is 7. The van der Waals surface area contributed by atoms with Crippen molar-refractivity contribution in [3.8, 4) is 11.4 Å². The molecule has 3 rings (SSSR count). The van der Waals surface area contributed by atoms with Gasteiger partial charge in [0.2, 0.25) is 11.7 Å². The molecule has 8 nitrogen and oxygen atoms in total. The summed E-state index contributed by atoms with van der Waals surface area (Å²) in [4.78, 5) is 25.2. The maximum Gasteiger partial charge on any atom is 0.338 e. The second kappa shape index (κ2) is 9.05. The summed E-state index contributed by atoms with van der Waals surface area (Å²) < 4.78 is 18.8. The number of nitrogens with one attached hydrogen (secondary N) is 1. The second-order valence-corrected chi connectivity index (χ2v) is 6.55. The summed E-state index contributed by atoms with van der Waals surface area (Å²) in [5.74, 6) is -0.941. The van der Waals surface area contributed by atoms with Gasteiger partial charge in [0.05, 0.1) is 11.7 Å². The fraction of sp³-hybridized carbons (Fsp3) is 0.250. The van der Waals surface area contributed by atoms with Crippen LogP contribution in [0.2, 0.25) is 0 Å². The fourth-order valence-electron chi connectivity index (χ4n) is 2.51. The van der Waals surface area contributed by atoms with Gasteiger partial charge in [0.25, 0.3) is 0 Å². The minimum Gasteiger partial charge on any atom is -0.459 e. The number of esters is 1. The third-order valence-electron chi connectivity index (χ3n) is 3.87. The third-order valence-corrected chi connectivity index (χ3v) is 3.87. The summed E-state index contributed by atoms with van der Waals surface area (Å²) in [6.07, 6.45) is -0.229. The Bertz CT molecular complexity index is 1020. The number of carbonyl (C=O) groups excluding carboxylic acids is 2. The molecule has 1 aromatic heterocycles. The highest BCUT2D eigenvalue weighted by Gasteiger charge is 2.14. The van der Waals surface area contributed by atoms with E-state index in [0.717, 1.165) is 4.80 Å². The fourth-order valence-corrected chi connectivity index (χ4v) is 2.51. The third kappa shape index (κ3) is 5.44. The van der Waals surface area contributed by atoms with Crippen molar-refractivity contribution >= 4 is 11.9 Å². The largest absolute Gasteiger partial charge is 0.459 e. The molecule has 0 fully saturated rings. The first-order chi connectivity index (χ1) is 13.9. The Kier molecular flexibility index (Phi) is 6.28. The number of carbonyl (C=O) groups is 2. The SMILES string of the molecule is CC(C)OC(=O)c1cccc(-c2nnn(CC(=O)NCc3ccccc3F)n2)c1. The highest BCUT2D eigenvalue weighted by Crippen LogP contribution is 2.16. The lowest BCUT2D eigenvalue weighted by Crippen LogP contribution is -2.28. The Morgan fingerprint density at radius 3 is 2.72 bits per heavy atom. The van der Waals surface area contributed by atoms with E-state index in [2.05, 4.69) is 20.7 Å². The van der Waals surface area contributed by atoms with E-state index in [9.17, 15) is 14.0 Å². The summed E-state index contributed by atoms with van der Waals surface area (Å²) in [6, 6.07) is 12.9. The van der Waals surface area contributed by atoms with Gasteiger partial charge in [0.1, 0.15) is 12.4 Å². The minimum atomic E-state index is -0.443. The molecule has 0 aliphatic heterocycles. The highest BCUT2D eigenvalue weighted by molar-refractivity contribution is 5.90. The Hall–Kier alpha value is -3.62. The van der Waals surface area contributed by atoms with Crippen LogP contribution in [-0.4, -0.2) is 38.2 Å². The summed E-state index contributed by atoms with van der Waals surface area (Å²) >= 11 is 0. The van der Waals surface area contributed by atoms with Crippen molar-refractivity contribution in [3.05, 3.63) is 65.5 Å². The van der Waals surface area contributed by atoms with Crippen molar-refractivity contribution in [2.75, 3.05) is 0 Å². The van der Waals surface area contributed by atoms with Gasteiger partial charge in [-0.3, -0.25) is 4.79 Å². The number of hydrogen-bond donors (Lipinski definition) is 1. The molecular formula is C20H20FN5O3. The van der Waals surface area contributed by atoms with Gasteiger partial charge in [-0.25, -0.2) is 9.18 Å². The number of amides is 1. The Labute approximate surface area is 166 Å². The number of hydrogen-bond acceptors (Lipinski definition) is 6. The van der Waals surface area contributed by atoms with Crippen molar-refractivity contribution in [2.45, 2.75) is 33.0 Å². The maximum absolute atomic E-state index is 13.6. The van der Waals surface area contributed by atoms with E-state index in [1.807, 2.05) is 0 Å². The lowest BCUT2D eigenvalue weighted by molar-refractivity contribution is -0.122. The topological polar surface area (TPSA) is 99.0 Å². The van der Waals surface area contributed by atoms with Crippen LogP contribution in [0.15, 0.2) is 48.5 Å². The molecule has 0 radical (unpaired) electrons. The summed E-state index contributed by atoms with van der Waals surface area (Å²) in [6.45, 7) is 3.43. The molecule has 9 heteroatoms. The number of benzene rings is 2. The zero-order valence-corrected chi connectivity index (χ0v) is 16.0. The molecular weight excluding hydrogens is 377 g/mol. The molecule has 0 saturated heterocycles. The number of tetrazole rings is 1. The first kappa shape index (κ1) is 20.1. The first-order valence-electron chi connectivity index (χ1n) is 9.01. The Morgan fingerprint density at radius 2 is 1.97 bits per heavy atom. The standard InChI is InChI=1S/C20H20FN5O3/c1-13(2)29-20(28)15-8-5-7-14(10-15)19-23-25-26(24-19)12-18(27)22-11-16-6-3-4-9-17(16)21/h3-10,13H,11-12H2,1-2H3,(H,22,27). The average molecular weight is 397 g/mol. The summed E-state index contributed by atoms with van der Waals surface area (Å²) in [5, 5.41) is 14.5. The normalized spacial score (nSPS) is 10.8. The van der Waals surface area contributed by atoms with Gasteiger partial charge in [0.15, 0.2) is 0 Å². The maximum atomic E-state index is 13.6. The predicted octanol–water partition coefficient (Wildman–Crippen LogP) is 2.36. The van der Waals surface area contributed by atoms with Gasteiger partial charge in [-0.05, 0) is 37.3 Å². The van der Waals surface area contributed by atoms with Gasteiger partial charge in [0, 0.05) is 17.7 Å². The smallest absolute Gasteiger partial charge is 0.338 e. The highest BCUT2D eigenvalue weighted by atomic mass is 19.1. The van der Waals surface area contributed by atoms with Crippen LogP contribution >= 0.6 is 0 Å². The monoisotopic (exact) mass is 397 g/mol. The molecule has 0 aliphatic carbocycles. The number of aromatic nitrogens is 4. The summed E-state index contributed by atoms with van der Waals surface area (Å²) in [5.41, 5.74) is 1.33. The molecule has 1 N–H and O–H groups in total. The molecule has 2 aromatic carbocycles. The van der Waals surface area contributed by atoms with Crippen molar-refractivity contribution in [2.24, 2.45) is 0 Å². The molecule has 29 heavy (non-hydrogen) atoms. The predicted molar refractivity (Wildman–Crippen MR) is 102 cm³/mol. The van der Waals surface area contributed by atoms with Gasteiger partial charge in [-0.1, -0.05) is 30.3 Å². The van der Waals surface area contributed by atoms with Crippen LogP contribution in [0.5, 0.6) is 0 Å². The molecule has 0 bridgehead atoms. The molecule has 0 aliphatic rings. The van der Waals surface area contributed by atoms with E-state index in [0.29, 0.717) is 16.7 Å². The summed E-state index contributed by atoms with van der Waals surface area (Å²) in [7, 11) is 0. The van der Waals surface area contributed by atoms with Crippen molar-refractivity contribution < 1.29 is 18.7 Å². The van der Waals surface area contributed by atoms with Gasteiger partial charge in [-0.2, -0.15) is 4.80 Å². The van der Waals surface area contributed by atoms with E-state index >= 15 is 0 Å². The number of ether oxygens (including phenoxy) is 1. The van der Waals surface area contributed by atoms with E-state index < -0.39 is 5.97 Å². The lowest BCUT2D eigenvalue weighted by Gasteiger charge is -2.08. The van der Waals surface area contributed by atoms with Gasteiger partial charge >= 0.3 is 5.97 Å². The van der Waals surface area contributed by atoms with Gasteiger partial charge in [-0.15, -0.1) is 10.2 Å². The molecule has 150 valence electrons. The van der Waals surface area contributed by atoms with E-state index in [4.69, 9.17) is 4.74 Å². The van der Waals surface area contributed by atoms with Crippen LogP contribution in [0.1, 0.15) is 29.8 Å². The van der Waals surface area contributed by atoms with Crippen LogP contribution in [0.25, 0.3) is 11.4 Å². The molecule has 1 heterocycles.